The number of hydrogen-bond donors (Lipinski definition) is 3. The molecular weight excluding hydrogens is 1200 g/mol. The van der Waals surface area contributed by atoms with Crippen molar-refractivity contribution in [2.45, 2.75) is 387 Å². The highest BCUT2D eigenvalue weighted by atomic mass is 31.2. The van der Waals surface area contributed by atoms with Gasteiger partial charge in [0, 0.05) is 25.7 Å². The van der Waals surface area contributed by atoms with Gasteiger partial charge in [-0.2, -0.15) is 0 Å². The van der Waals surface area contributed by atoms with E-state index in [0.29, 0.717) is 25.7 Å². The van der Waals surface area contributed by atoms with Gasteiger partial charge in [-0.15, -0.1) is 0 Å². The van der Waals surface area contributed by atoms with Gasteiger partial charge in [0.1, 0.15) is 19.3 Å². The largest absolute Gasteiger partial charge is 0.472 e. The molecule has 5 atom stereocenters. The summed E-state index contributed by atoms with van der Waals surface area (Å²) in [6, 6.07) is 0. The predicted molar refractivity (Wildman–Crippen MR) is 368 cm³/mol. The van der Waals surface area contributed by atoms with Crippen molar-refractivity contribution >= 4 is 39.5 Å². The number of phosphoric acid groups is 2. The smallest absolute Gasteiger partial charge is 0.462 e. The number of aliphatic hydroxyl groups is 1. The third kappa shape index (κ3) is 66.5. The van der Waals surface area contributed by atoms with Crippen LogP contribution >= 0.6 is 15.6 Å². The summed E-state index contributed by atoms with van der Waals surface area (Å²) in [7, 11) is -9.90. The first-order valence-electron chi connectivity index (χ1n) is 37.5. The fourth-order valence-electron chi connectivity index (χ4n) is 10.9. The second kappa shape index (κ2) is 64.1. The van der Waals surface area contributed by atoms with Gasteiger partial charge in [-0.25, -0.2) is 9.13 Å². The minimum Gasteiger partial charge on any atom is -0.462 e. The molecule has 0 spiro atoms. The van der Waals surface area contributed by atoms with Gasteiger partial charge in [-0.05, 0) is 37.5 Å². The minimum atomic E-state index is -4.95. The van der Waals surface area contributed by atoms with Crippen LogP contribution < -0.4 is 0 Å². The lowest BCUT2D eigenvalue weighted by atomic mass is 10.0. The van der Waals surface area contributed by atoms with Crippen molar-refractivity contribution in [3.05, 3.63) is 0 Å². The van der Waals surface area contributed by atoms with Crippen molar-refractivity contribution in [2.75, 3.05) is 39.6 Å². The number of hydrogen-bond acceptors (Lipinski definition) is 15. The molecule has 0 fully saturated rings. The molecule has 0 aliphatic carbocycles. The monoisotopic (exact) mass is 1340 g/mol. The number of ether oxygens (including phenoxy) is 4. The molecule has 0 heterocycles. The van der Waals surface area contributed by atoms with E-state index in [1.165, 1.54) is 173 Å². The van der Waals surface area contributed by atoms with E-state index in [2.05, 4.69) is 41.5 Å². The van der Waals surface area contributed by atoms with Crippen molar-refractivity contribution in [1.82, 2.24) is 0 Å². The zero-order valence-electron chi connectivity index (χ0n) is 59.1. The van der Waals surface area contributed by atoms with Crippen LogP contribution in [0.15, 0.2) is 0 Å². The summed E-state index contributed by atoms with van der Waals surface area (Å²) >= 11 is 0. The van der Waals surface area contributed by atoms with Gasteiger partial charge in [-0.3, -0.25) is 37.3 Å². The Morgan fingerprint density at radius 2 is 0.505 bits per heavy atom. The van der Waals surface area contributed by atoms with Crippen molar-refractivity contribution < 1.29 is 80.2 Å². The fourth-order valence-corrected chi connectivity index (χ4v) is 12.5. The lowest BCUT2D eigenvalue weighted by molar-refractivity contribution is -0.161. The highest BCUT2D eigenvalue weighted by Gasteiger charge is 2.30. The van der Waals surface area contributed by atoms with Crippen LogP contribution in [0.2, 0.25) is 0 Å². The van der Waals surface area contributed by atoms with Crippen LogP contribution in [-0.2, 0) is 65.4 Å². The van der Waals surface area contributed by atoms with Gasteiger partial charge in [0.2, 0.25) is 0 Å². The number of unbranched alkanes of at least 4 members (excludes halogenated alkanes) is 41. The highest BCUT2D eigenvalue weighted by Crippen LogP contribution is 2.45. The van der Waals surface area contributed by atoms with Gasteiger partial charge in [-0.1, -0.05) is 318 Å². The number of esters is 4. The van der Waals surface area contributed by atoms with Gasteiger partial charge in [0.15, 0.2) is 12.2 Å². The molecule has 0 amide bonds. The molecule has 0 aliphatic rings. The molecule has 0 saturated carbocycles. The molecular formula is C72H140O17P2. The van der Waals surface area contributed by atoms with Crippen LogP contribution in [0.4, 0.5) is 0 Å². The van der Waals surface area contributed by atoms with Crippen LogP contribution in [0.25, 0.3) is 0 Å². The lowest BCUT2D eigenvalue weighted by Crippen LogP contribution is -2.30. The quantitative estimate of drug-likeness (QED) is 0.0222. The Hall–Kier alpha value is -1.94. The fraction of sp³-hybridized carbons (Fsp3) is 0.944. The second-order valence-corrected chi connectivity index (χ2v) is 29.8. The molecule has 19 heteroatoms. The molecule has 0 aromatic carbocycles. The Morgan fingerprint density at radius 1 is 0.297 bits per heavy atom. The maximum atomic E-state index is 13.0. The van der Waals surface area contributed by atoms with E-state index < -0.39 is 97.5 Å². The SMILES string of the molecule is CCCCCCCCCCCCCCCC(=O)O[C@H](COC(=O)CCCCCCCCC)COP(=O)(O)OC[C@H](O)COP(=O)(O)OC[C@@H](COC(=O)CCCCCCCCCCCCCCC(C)C)OC(=O)CCCCCCCCCCCCCCCC(C)C. The third-order valence-electron chi connectivity index (χ3n) is 16.7. The molecule has 0 aromatic heterocycles. The minimum absolute atomic E-state index is 0.107. The first-order valence-corrected chi connectivity index (χ1v) is 40.5. The summed E-state index contributed by atoms with van der Waals surface area (Å²) in [5.74, 6) is -0.555. The van der Waals surface area contributed by atoms with Gasteiger partial charge in [0.05, 0.1) is 26.4 Å². The second-order valence-electron chi connectivity index (χ2n) is 26.9. The predicted octanol–water partition coefficient (Wildman–Crippen LogP) is 20.8. The highest BCUT2D eigenvalue weighted by molar-refractivity contribution is 7.47. The number of carbonyl (C=O) groups excluding carboxylic acids is 4. The first kappa shape index (κ1) is 89.1. The topological polar surface area (TPSA) is 237 Å². The average molecular weight is 1340 g/mol. The van der Waals surface area contributed by atoms with Crippen LogP contribution in [0, 0.1) is 11.8 Å². The van der Waals surface area contributed by atoms with Crippen LogP contribution in [0.5, 0.6) is 0 Å². The Balaban J connectivity index is 5.21. The van der Waals surface area contributed by atoms with Gasteiger partial charge in [0.25, 0.3) is 0 Å². The Morgan fingerprint density at radius 3 is 0.747 bits per heavy atom. The molecule has 17 nitrogen and oxygen atoms in total. The molecule has 540 valence electrons. The third-order valence-corrected chi connectivity index (χ3v) is 18.6. The summed E-state index contributed by atoms with van der Waals surface area (Å²) < 4.78 is 68.3. The normalized spacial score (nSPS) is 14.1. The number of phosphoric ester groups is 2. The van der Waals surface area contributed by atoms with Crippen molar-refractivity contribution in [1.29, 1.82) is 0 Å². The van der Waals surface area contributed by atoms with E-state index in [9.17, 15) is 43.2 Å². The molecule has 0 radical (unpaired) electrons. The van der Waals surface area contributed by atoms with Crippen LogP contribution in [-0.4, -0.2) is 96.7 Å². The summed E-state index contributed by atoms with van der Waals surface area (Å²) in [6.45, 7) is 9.56. The molecule has 0 aromatic rings. The zero-order valence-corrected chi connectivity index (χ0v) is 60.9. The van der Waals surface area contributed by atoms with Gasteiger partial charge < -0.3 is 33.8 Å². The molecule has 0 saturated heterocycles. The van der Waals surface area contributed by atoms with E-state index in [0.717, 1.165) is 115 Å². The lowest BCUT2D eigenvalue weighted by Gasteiger charge is -2.21. The van der Waals surface area contributed by atoms with E-state index in [1.807, 2.05) is 0 Å². The first-order chi connectivity index (χ1) is 43.9. The maximum absolute atomic E-state index is 13.0. The summed E-state index contributed by atoms with van der Waals surface area (Å²) in [5.41, 5.74) is 0. The van der Waals surface area contributed by atoms with Crippen molar-refractivity contribution in [3.63, 3.8) is 0 Å². The molecule has 0 rings (SSSR count). The maximum Gasteiger partial charge on any atom is 0.472 e. The Bertz CT molecular complexity index is 1770. The van der Waals surface area contributed by atoms with Crippen LogP contribution in [0.1, 0.15) is 369 Å². The summed E-state index contributed by atoms with van der Waals surface area (Å²) in [5, 5.41) is 10.6. The number of rotatable bonds is 71. The number of aliphatic hydroxyl groups excluding tert-OH is 1. The molecule has 3 N–H and O–H groups in total. The standard InChI is InChI=1S/C72H140O17P2/c1-7-9-11-13-15-16-17-19-27-32-38-44-50-56-71(76)88-67(60-82-69(74)54-48-42-34-14-12-10-8-2)62-86-90(78,79)84-58-66(73)59-85-91(80,81)87-63-68(61-83-70(75)55-49-43-37-31-26-23-22-25-30-36-41-47-53-65(5)6)89-72(77)57-51-45-39-33-28-21-18-20-24-29-35-40-46-52-64(3)4/h64-68,73H,7-63H2,1-6H3,(H,78,79)(H,80,81)/t66-,67+,68+/m0/s1. The molecule has 91 heavy (non-hydrogen) atoms. The Kier molecular flexibility index (Phi) is 62.7. The number of carbonyl (C=O) groups is 4. The average Bonchev–Trinajstić information content (AvgIpc) is 3.08. The van der Waals surface area contributed by atoms with Gasteiger partial charge >= 0.3 is 39.5 Å². The van der Waals surface area contributed by atoms with Crippen molar-refractivity contribution in [3.8, 4) is 0 Å². The zero-order chi connectivity index (χ0) is 67.2. The molecule has 0 bridgehead atoms. The van der Waals surface area contributed by atoms with E-state index in [4.69, 9.17) is 37.0 Å². The summed E-state index contributed by atoms with van der Waals surface area (Å²) in [4.78, 5) is 72.5. The molecule has 2 unspecified atom stereocenters. The van der Waals surface area contributed by atoms with E-state index >= 15 is 0 Å². The Labute approximate surface area is 556 Å². The summed E-state index contributed by atoms with van der Waals surface area (Å²) in [6.07, 6.45) is 50.0. The molecule has 0 aliphatic heterocycles. The van der Waals surface area contributed by atoms with E-state index in [-0.39, 0.29) is 25.7 Å². The van der Waals surface area contributed by atoms with Crippen LogP contribution in [0.3, 0.4) is 0 Å². The van der Waals surface area contributed by atoms with Crippen molar-refractivity contribution in [2.24, 2.45) is 11.8 Å². The van der Waals surface area contributed by atoms with E-state index in [1.54, 1.807) is 0 Å².